The maximum absolute atomic E-state index is 11.6. The number of nitrogens with two attached hydrogens (primary N) is 1. The number of aromatic nitrogens is 1. The molecule has 2 unspecified atom stereocenters. The fourth-order valence-electron chi connectivity index (χ4n) is 1.11. The van der Waals surface area contributed by atoms with Crippen molar-refractivity contribution in [3.8, 4) is 0 Å². The molecule has 0 fully saturated rings. The lowest BCUT2D eigenvalue weighted by atomic mass is 10.2. The van der Waals surface area contributed by atoms with Gasteiger partial charge in [-0.25, -0.2) is 0 Å². The van der Waals surface area contributed by atoms with E-state index in [1.807, 2.05) is 19.1 Å². The van der Waals surface area contributed by atoms with Crippen LogP contribution >= 0.6 is 0 Å². The first-order valence-electron chi connectivity index (χ1n) is 4.66. The SMILES string of the molecule is CC(CN)CS(=O)Cc1cccnc1. The minimum atomic E-state index is -0.821. The lowest BCUT2D eigenvalue weighted by Crippen LogP contribution is -2.18. The molecule has 0 aliphatic rings. The van der Waals surface area contributed by atoms with Gasteiger partial charge >= 0.3 is 0 Å². The zero-order valence-electron chi connectivity index (χ0n) is 8.35. The van der Waals surface area contributed by atoms with E-state index in [2.05, 4.69) is 4.98 Å². The Morgan fingerprint density at radius 3 is 3.00 bits per heavy atom. The second kappa shape index (κ2) is 5.88. The van der Waals surface area contributed by atoms with Gasteiger partial charge in [0.25, 0.3) is 0 Å². The molecule has 0 saturated carbocycles. The van der Waals surface area contributed by atoms with E-state index in [1.54, 1.807) is 12.4 Å². The van der Waals surface area contributed by atoms with E-state index in [0.29, 0.717) is 24.0 Å². The van der Waals surface area contributed by atoms with Crippen LogP contribution in [0.4, 0.5) is 0 Å². The van der Waals surface area contributed by atoms with E-state index >= 15 is 0 Å². The van der Waals surface area contributed by atoms with Gasteiger partial charge in [0.2, 0.25) is 0 Å². The lowest BCUT2D eigenvalue weighted by Gasteiger charge is -2.07. The lowest BCUT2D eigenvalue weighted by molar-refractivity contribution is 0.640. The van der Waals surface area contributed by atoms with E-state index < -0.39 is 10.8 Å². The molecule has 1 aromatic rings. The van der Waals surface area contributed by atoms with Crippen molar-refractivity contribution >= 4 is 10.8 Å². The Hall–Kier alpha value is -0.740. The molecule has 4 heteroatoms. The summed E-state index contributed by atoms with van der Waals surface area (Å²) in [6, 6.07) is 3.80. The highest BCUT2D eigenvalue weighted by atomic mass is 32.2. The molecule has 0 spiro atoms. The van der Waals surface area contributed by atoms with Crippen molar-refractivity contribution in [1.82, 2.24) is 4.98 Å². The van der Waals surface area contributed by atoms with Crippen LogP contribution in [0.5, 0.6) is 0 Å². The highest BCUT2D eigenvalue weighted by molar-refractivity contribution is 7.84. The highest BCUT2D eigenvalue weighted by Crippen LogP contribution is 2.04. The van der Waals surface area contributed by atoms with Gasteiger partial charge in [-0.15, -0.1) is 0 Å². The minimum Gasteiger partial charge on any atom is -0.330 e. The van der Waals surface area contributed by atoms with Crippen LogP contribution in [0.25, 0.3) is 0 Å². The van der Waals surface area contributed by atoms with Gasteiger partial charge in [0.1, 0.15) is 0 Å². The van der Waals surface area contributed by atoms with Crippen LogP contribution in [0.15, 0.2) is 24.5 Å². The van der Waals surface area contributed by atoms with Gasteiger partial charge in [0, 0.05) is 28.9 Å². The van der Waals surface area contributed by atoms with Gasteiger partial charge in [-0.1, -0.05) is 13.0 Å². The fourth-order valence-corrected chi connectivity index (χ4v) is 2.54. The second-order valence-corrected chi connectivity index (χ2v) is 4.95. The van der Waals surface area contributed by atoms with Crippen LogP contribution in [-0.2, 0) is 16.6 Å². The van der Waals surface area contributed by atoms with E-state index in [1.165, 1.54) is 0 Å². The summed E-state index contributed by atoms with van der Waals surface area (Å²) in [6.07, 6.45) is 3.47. The first kappa shape index (κ1) is 11.3. The van der Waals surface area contributed by atoms with Crippen LogP contribution in [-0.4, -0.2) is 21.5 Å². The molecule has 1 rings (SSSR count). The average Bonchev–Trinajstić information content (AvgIpc) is 2.19. The van der Waals surface area contributed by atoms with E-state index in [0.717, 1.165) is 5.56 Å². The summed E-state index contributed by atoms with van der Waals surface area (Å²) in [5.41, 5.74) is 6.49. The number of rotatable bonds is 5. The van der Waals surface area contributed by atoms with Crippen molar-refractivity contribution in [2.45, 2.75) is 12.7 Å². The number of hydrogen-bond donors (Lipinski definition) is 1. The molecule has 0 amide bonds. The smallest absolute Gasteiger partial charge is 0.0500 e. The van der Waals surface area contributed by atoms with Gasteiger partial charge in [-0.3, -0.25) is 9.19 Å². The maximum atomic E-state index is 11.6. The van der Waals surface area contributed by atoms with Crippen LogP contribution in [0, 0.1) is 5.92 Å². The minimum absolute atomic E-state index is 0.326. The van der Waals surface area contributed by atoms with Crippen molar-refractivity contribution in [3.05, 3.63) is 30.1 Å². The molecule has 0 radical (unpaired) electrons. The fraction of sp³-hybridized carbons (Fsp3) is 0.500. The molecule has 78 valence electrons. The third kappa shape index (κ3) is 3.98. The van der Waals surface area contributed by atoms with Gasteiger partial charge in [-0.2, -0.15) is 0 Å². The maximum Gasteiger partial charge on any atom is 0.0500 e. The summed E-state index contributed by atoms with van der Waals surface area (Å²) in [4.78, 5) is 3.98. The first-order valence-corrected chi connectivity index (χ1v) is 6.15. The summed E-state index contributed by atoms with van der Waals surface area (Å²) in [7, 11) is -0.821. The second-order valence-electron chi connectivity index (χ2n) is 3.45. The van der Waals surface area contributed by atoms with Crippen molar-refractivity contribution in [3.63, 3.8) is 0 Å². The van der Waals surface area contributed by atoms with Crippen LogP contribution < -0.4 is 5.73 Å². The van der Waals surface area contributed by atoms with Crippen molar-refractivity contribution in [1.29, 1.82) is 0 Å². The molecule has 2 atom stereocenters. The molecular weight excluding hydrogens is 196 g/mol. The van der Waals surface area contributed by atoms with Gasteiger partial charge < -0.3 is 5.73 Å². The largest absolute Gasteiger partial charge is 0.330 e. The predicted molar refractivity (Wildman–Crippen MR) is 59.2 cm³/mol. The number of pyridine rings is 1. The highest BCUT2D eigenvalue weighted by Gasteiger charge is 2.06. The van der Waals surface area contributed by atoms with E-state index in [9.17, 15) is 4.21 Å². The van der Waals surface area contributed by atoms with Crippen LogP contribution in [0.2, 0.25) is 0 Å². The Labute approximate surface area is 87.2 Å². The summed E-state index contributed by atoms with van der Waals surface area (Å²) < 4.78 is 11.6. The monoisotopic (exact) mass is 212 g/mol. The molecule has 14 heavy (non-hydrogen) atoms. The normalized spacial score (nSPS) is 15.0. The topological polar surface area (TPSA) is 56.0 Å². The quantitative estimate of drug-likeness (QED) is 0.789. The molecule has 0 bridgehead atoms. The zero-order valence-corrected chi connectivity index (χ0v) is 9.17. The average molecular weight is 212 g/mol. The molecule has 0 aliphatic carbocycles. The van der Waals surface area contributed by atoms with Crippen LogP contribution in [0.1, 0.15) is 12.5 Å². The Bertz CT molecular complexity index is 289. The summed E-state index contributed by atoms with van der Waals surface area (Å²) in [5.74, 6) is 1.58. The third-order valence-corrected chi connectivity index (χ3v) is 3.52. The number of nitrogens with zero attached hydrogens (tertiary/aromatic N) is 1. The zero-order chi connectivity index (χ0) is 10.4. The molecule has 1 heterocycles. The summed E-state index contributed by atoms with van der Waals surface area (Å²) in [6.45, 7) is 2.61. The van der Waals surface area contributed by atoms with Crippen LogP contribution in [0.3, 0.4) is 0 Å². The van der Waals surface area contributed by atoms with Crippen molar-refractivity contribution in [2.75, 3.05) is 12.3 Å². The molecule has 3 nitrogen and oxygen atoms in total. The molecule has 2 N–H and O–H groups in total. The van der Waals surface area contributed by atoms with E-state index in [-0.39, 0.29) is 0 Å². The Morgan fingerprint density at radius 1 is 1.64 bits per heavy atom. The van der Waals surface area contributed by atoms with Gasteiger partial charge in [0.05, 0.1) is 5.75 Å². The van der Waals surface area contributed by atoms with Crippen molar-refractivity contribution < 1.29 is 4.21 Å². The molecule has 0 aromatic carbocycles. The van der Waals surface area contributed by atoms with Crippen molar-refractivity contribution in [2.24, 2.45) is 11.7 Å². The first-order chi connectivity index (χ1) is 6.72. The Kier molecular flexibility index (Phi) is 4.76. The predicted octanol–water partition coefficient (Wildman–Crippen LogP) is 0.925. The Morgan fingerprint density at radius 2 is 2.43 bits per heavy atom. The third-order valence-electron chi connectivity index (χ3n) is 1.92. The van der Waals surface area contributed by atoms with E-state index in [4.69, 9.17) is 5.73 Å². The standard InChI is InChI=1S/C10H16N2OS/c1-9(5-11)7-14(13)8-10-3-2-4-12-6-10/h2-4,6,9H,5,7-8,11H2,1H3. The Balaban J connectivity index is 2.42. The van der Waals surface area contributed by atoms with Gasteiger partial charge in [-0.05, 0) is 24.1 Å². The molecular formula is C10H16N2OS. The molecule has 0 saturated heterocycles. The van der Waals surface area contributed by atoms with Gasteiger partial charge in [0.15, 0.2) is 0 Å². The number of hydrogen-bond acceptors (Lipinski definition) is 3. The summed E-state index contributed by atoms with van der Waals surface area (Å²) >= 11 is 0. The molecule has 1 aromatic heterocycles. The molecule has 0 aliphatic heterocycles. The summed E-state index contributed by atoms with van der Waals surface area (Å²) in [5, 5.41) is 0.